The van der Waals surface area contributed by atoms with Crippen LogP contribution >= 0.6 is 0 Å². The fraction of sp³-hybridized carbons (Fsp3) is 0.579. The van der Waals surface area contributed by atoms with E-state index in [0.29, 0.717) is 31.5 Å². The molecule has 136 valence electrons. The highest BCUT2D eigenvalue weighted by Gasteiger charge is 2.35. The molecule has 2 aliphatic rings. The van der Waals surface area contributed by atoms with Crippen molar-refractivity contribution in [1.82, 2.24) is 9.80 Å². The number of amides is 1. The van der Waals surface area contributed by atoms with Crippen molar-refractivity contribution in [2.75, 3.05) is 26.2 Å². The van der Waals surface area contributed by atoms with Gasteiger partial charge in [-0.15, -0.1) is 0 Å². The average Bonchev–Trinajstić information content (AvgIpc) is 3.12. The number of carboxylic acid groups (broad SMARTS) is 1. The maximum absolute atomic E-state index is 13.6. The van der Waals surface area contributed by atoms with E-state index in [2.05, 4.69) is 0 Å². The molecule has 2 heterocycles. The third-order valence-electron chi connectivity index (χ3n) is 5.43. The second-order valence-electron chi connectivity index (χ2n) is 7.08. The molecule has 25 heavy (non-hydrogen) atoms. The summed E-state index contributed by atoms with van der Waals surface area (Å²) in [6, 6.07) is 3.41. The van der Waals surface area contributed by atoms with Crippen molar-refractivity contribution in [1.29, 1.82) is 0 Å². The van der Waals surface area contributed by atoms with Crippen molar-refractivity contribution >= 4 is 11.9 Å². The Morgan fingerprint density at radius 1 is 1.16 bits per heavy atom. The van der Waals surface area contributed by atoms with Gasteiger partial charge < -0.3 is 10.0 Å². The van der Waals surface area contributed by atoms with Gasteiger partial charge in [0.25, 0.3) is 0 Å². The fourth-order valence-corrected chi connectivity index (χ4v) is 3.99. The van der Waals surface area contributed by atoms with Crippen molar-refractivity contribution in [3.63, 3.8) is 0 Å². The number of carboxylic acids is 1. The zero-order chi connectivity index (χ0) is 18.0. The summed E-state index contributed by atoms with van der Waals surface area (Å²) in [4.78, 5) is 28.2. The molecular weight excluding hydrogens is 323 g/mol. The van der Waals surface area contributed by atoms with Crippen LogP contribution in [-0.2, 0) is 9.59 Å². The summed E-state index contributed by atoms with van der Waals surface area (Å²) < 4.78 is 13.6. The van der Waals surface area contributed by atoms with E-state index in [9.17, 15) is 19.1 Å². The van der Waals surface area contributed by atoms with Crippen LogP contribution in [0.2, 0.25) is 0 Å². The van der Waals surface area contributed by atoms with Crippen molar-refractivity contribution in [2.24, 2.45) is 5.92 Å². The summed E-state index contributed by atoms with van der Waals surface area (Å²) in [5, 5.41) is 9.70. The van der Waals surface area contributed by atoms with Crippen molar-refractivity contribution in [2.45, 2.75) is 38.6 Å². The monoisotopic (exact) mass is 348 g/mol. The highest BCUT2D eigenvalue weighted by Crippen LogP contribution is 2.30. The quantitative estimate of drug-likeness (QED) is 0.909. The maximum atomic E-state index is 13.6. The Bertz CT molecular complexity index is 650. The number of benzene rings is 1. The van der Waals surface area contributed by atoms with Crippen molar-refractivity contribution < 1.29 is 19.1 Å². The maximum Gasteiger partial charge on any atom is 0.325 e. The minimum atomic E-state index is -0.974. The van der Waals surface area contributed by atoms with Crippen LogP contribution in [0, 0.1) is 18.7 Å². The number of carbonyl (C=O) groups excluding carboxylic acids is 1. The normalized spacial score (nSPS) is 20.6. The van der Waals surface area contributed by atoms with Crippen molar-refractivity contribution in [3.05, 3.63) is 35.1 Å². The number of aryl methyl sites for hydroxylation is 1. The fourth-order valence-electron chi connectivity index (χ4n) is 3.99. The minimum Gasteiger partial charge on any atom is -0.480 e. The Labute approximate surface area is 147 Å². The third-order valence-corrected chi connectivity index (χ3v) is 5.43. The highest BCUT2D eigenvalue weighted by atomic mass is 19.1. The number of carbonyl (C=O) groups is 2. The molecule has 2 fully saturated rings. The average molecular weight is 348 g/mol. The molecule has 0 saturated carbocycles. The Morgan fingerprint density at radius 2 is 1.80 bits per heavy atom. The molecule has 1 aromatic rings. The molecule has 2 aliphatic heterocycles. The number of hydrogen-bond acceptors (Lipinski definition) is 3. The zero-order valence-electron chi connectivity index (χ0n) is 14.6. The van der Waals surface area contributed by atoms with Crippen LogP contribution in [-0.4, -0.2) is 53.0 Å². The largest absolute Gasteiger partial charge is 0.480 e. The van der Waals surface area contributed by atoms with Crippen LogP contribution in [0.1, 0.15) is 42.9 Å². The van der Waals surface area contributed by atoms with Gasteiger partial charge >= 0.3 is 5.97 Å². The molecule has 3 rings (SSSR count). The first-order valence-electron chi connectivity index (χ1n) is 8.99. The number of piperidine rings is 1. The van der Waals surface area contributed by atoms with Gasteiger partial charge in [0.05, 0.1) is 0 Å². The predicted octanol–water partition coefficient (Wildman–Crippen LogP) is 2.59. The van der Waals surface area contributed by atoms with Gasteiger partial charge in [-0.05, 0) is 55.9 Å². The lowest BCUT2D eigenvalue weighted by molar-refractivity contribution is -0.145. The summed E-state index contributed by atoms with van der Waals surface area (Å²) in [7, 11) is 0. The van der Waals surface area contributed by atoms with Gasteiger partial charge in [-0.1, -0.05) is 6.07 Å². The van der Waals surface area contributed by atoms with Gasteiger partial charge in [0.1, 0.15) is 11.9 Å². The van der Waals surface area contributed by atoms with Crippen molar-refractivity contribution in [3.8, 4) is 0 Å². The molecule has 0 aromatic heterocycles. The molecule has 1 N–H and O–H groups in total. The van der Waals surface area contributed by atoms with Gasteiger partial charge in [-0.2, -0.15) is 0 Å². The first-order valence-corrected chi connectivity index (χ1v) is 8.99. The van der Waals surface area contributed by atoms with Gasteiger partial charge in [-0.3, -0.25) is 14.5 Å². The topological polar surface area (TPSA) is 60.9 Å². The molecule has 0 bridgehead atoms. The summed E-state index contributed by atoms with van der Waals surface area (Å²) in [5.74, 6) is -1.20. The Morgan fingerprint density at radius 3 is 2.40 bits per heavy atom. The molecule has 6 heteroatoms. The van der Waals surface area contributed by atoms with Crippen LogP contribution in [0.4, 0.5) is 4.39 Å². The zero-order valence-corrected chi connectivity index (χ0v) is 14.6. The van der Waals surface area contributed by atoms with Gasteiger partial charge in [0, 0.05) is 32.1 Å². The van der Waals surface area contributed by atoms with E-state index in [0.717, 1.165) is 31.5 Å². The summed E-state index contributed by atoms with van der Waals surface area (Å²) in [6.45, 7) is 4.57. The molecular formula is C19H25FN2O3. The highest BCUT2D eigenvalue weighted by molar-refractivity contribution is 5.79. The number of rotatable bonds is 4. The van der Waals surface area contributed by atoms with E-state index >= 15 is 0 Å². The van der Waals surface area contributed by atoms with Gasteiger partial charge in [0.2, 0.25) is 5.91 Å². The molecule has 0 unspecified atom stereocenters. The predicted molar refractivity (Wildman–Crippen MR) is 91.6 cm³/mol. The van der Waals surface area contributed by atoms with E-state index in [1.54, 1.807) is 13.0 Å². The Kier molecular flexibility index (Phi) is 5.37. The first-order chi connectivity index (χ1) is 12.0. The van der Waals surface area contributed by atoms with Gasteiger partial charge in [-0.25, -0.2) is 4.39 Å². The third kappa shape index (κ3) is 3.84. The molecule has 0 spiro atoms. The number of halogens is 1. The second kappa shape index (κ2) is 7.52. The van der Waals surface area contributed by atoms with Crippen LogP contribution in [0.3, 0.4) is 0 Å². The van der Waals surface area contributed by atoms with Gasteiger partial charge in [0.15, 0.2) is 0 Å². The minimum absolute atomic E-state index is 0.0163. The molecule has 1 atom stereocenters. The molecule has 2 saturated heterocycles. The van der Waals surface area contributed by atoms with Crippen LogP contribution in [0.15, 0.2) is 18.2 Å². The molecule has 1 aromatic carbocycles. The number of nitrogens with zero attached hydrogens (tertiary/aromatic N) is 2. The lowest BCUT2D eigenvalue weighted by atomic mass is 9.92. The summed E-state index contributed by atoms with van der Waals surface area (Å²) in [5.41, 5.74) is 1.26. The lowest BCUT2D eigenvalue weighted by Crippen LogP contribution is -2.44. The summed E-state index contributed by atoms with van der Waals surface area (Å²) >= 11 is 0. The van der Waals surface area contributed by atoms with Crippen LogP contribution in [0.5, 0.6) is 0 Å². The Hall–Kier alpha value is -1.95. The summed E-state index contributed by atoms with van der Waals surface area (Å²) in [6.07, 6.45) is 3.47. The SMILES string of the molecule is Cc1ccc(F)cc1[C@@H](C(=O)O)N1CCC(C(=O)N2CCCC2)CC1. The standard InChI is InChI=1S/C19H25FN2O3/c1-13-4-5-15(20)12-16(13)17(19(24)25)21-10-6-14(7-11-21)18(23)22-8-2-3-9-22/h4-5,12,14,17H,2-3,6-11H2,1H3,(H,24,25)/t17-/m0/s1. The van der Waals surface area contributed by atoms with Crippen LogP contribution < -0.4 is 0 Å². The van der Waals surface area contributed by atoms with E-state index in [-0.39, 0.29) is 11.8 Å². The van der Waals surface area contributed by atoms with E-state index < -0.39 is 17.8 Å². The number of hydrogen-bond donors (Lipinski definition) is 1. The lowest BCUT2D eigenvalue weighted by Gasteiger charge is -2.36. The second-order valence-corrected chi connectivity index (χ2v) is 7.08. The molecule has 1 amide bonds. The van der Waals surface area contributed by atoms with E-state index in [1.165, 1.54) is 12.1 Å². The van der Waals surface area contributed by atoms with Crippen LogP contribution in [0.25, 0.3) is 0 Å². The van der Waals surface area contributed by atoms with E-state index in [4.69, 9.17) is 0 Å². The number of aliphatic carboxylic acids is 1. The Balaban J connectivity index is 1.70. The first kappa shape index (κ1) is 17.9. The smallest absolute Gasteiger partial charge is 0.325 e. The van der Waals surface area contributed by atoms with E-state index in [1.807, 2.05) is 9.80 Å². The number of likely N-dealkylation sites (tertiary alicyclic amines) is 2. The molecule has 5 nitrogen and oxygen atoms in total. The molecule has 0 radical (unpaired) electrons. The molecule has 0 aliphatic carbocycles.